The molecule has 2 heterocycles. The van der Waals surface area contributed by atoms with Crippen LogP contribution in [-0.2, 0) is 9.84 Å². The molecule has 3 aliphatic rings. The Bertz CT molecular complexity index is 500. The van der Waals surface area contributed by atoms with Crippen LogP contribution in [0.25, 0.3) is 0 Å². The first-order valence-electron chi connectivity index (χ1n) is 9.47. The van der Waals surface area contributed by atoms with Crippen LogP contribution >= 0.6 is 11.8 Å². The molecule has 0 aromatic carbocycles. The van der Waals surface area contributed by atoms with E-state index >= 15 is 0 Å². The lowest BCUT2D eigenvalue weighted by atomic mass is 9.82. The van der Waals surface area contributed by atoms with Crippen LogP contribution in [0.3, 0.4) is 0 Å². The molecule has 0 amide bonds. The van der Waals surface area contributed by atoms with Gasteiger partial charge in [0.15, 0.2) is 0 Å². The fraction of sp³-hybridized carbons (Fsp3) is 1.00. The van der Waals surface area contributed by atoms with Crippen molar-refractivity contribution in [2.45, 2.75) is 74.2 Å². The maximum Gasteiger partial charge on any atom is 0.150 e. The molecule has 0 radical (unpaired) electrons. The Morgan fingerprint density at radius 3 is 2.54 bits per heavy atom. The van der Waals surface area contributed by atoms with Crippen molar-refractivity contribution in [3.63, 3.8) is 0 Å². The summed E-state index contributed by atoms with van der Waals surface area (Å²) >= 11 is 2.10. The molecule has 24 heavy (non-hydrogen) atoms. The minimum absolute atomic E-state index is 0.113. The molecule has 3 N–H and O–H groups in total. The van der Waals surface area contributed by atoms with E-state index in [4.69, 9.17) is 0 Å². The summed E-state index contributed by atoms with van der Waals surface area (Å²) in [5.41, 5.74) is 0. The summed E-state index contributed by atoms with van der Waals surface area (Å²) in [4.78, 5) is 0. The predicted octanol–water partition coefficient (Wildman–Crippen LogP) is 1.35. The molecule has 140 valence electrons. The minimum atomic E-state index is -2.87. The molecular formula is C17H33N3O2S2. The number of hydrogen-bond donors (Lipinski definition) is 3. The summed E-state index contributed by atoms with van der Waals surface area (Å²) in [5, 5.41) is 11.8. The number of hydrogen-bond acceptors (Lipinski definition) is 6. The third-order valence-corrected chi connectivity index (χ3v) is 9.12. The number of rotatable bonds is 5. The summed E-state index contributed by atoms with van der Waals surface area (Å²) in [6.45, 7) is 4.32. The Balaban J connectivity index is 1.48. The SMILES string of the molecule is CC1NCC(C2CCC(S(C)(=O)=O)CC2)NC1NCC1CCCS1. The van der Waals surface area contributed by atoms with Crippen molar-refractivity contribution in [3.05, 3.63) is 0 Å². The molecular weight excluding hydrogens is 342 g/mol. The summed E-state index contributed by atoms with van der Waals surface area (Å²) < 4.78 is 23.5. The summed E-state index contributed by atoms with van der Waals surface area (Å²) in [7, 11) is -2.87. The molecule has 7 heteroatoms. The highest BCUT2D eigenvalue weighted by atomic mass is 32.2. The molecule has 3 fully saturated rings. The third kappa shape index (κ3) is 4.87. The van der Waals surface area contributed by atoms with Gasteiger partial charge in [-0.05, 0) is 57.1 Å². The molecule has 0 aromatic rings. The Labute approximate surface area is 151 Å². The van der Waals surface area contributed by atoms with Crippen LogP contribution in [0.4, 0.5) is 0 Å². The van der Waals surface area contributed by atoms with Crippen LogP contribution in [0.5, 0.6) is 0 Å². The van der Waals surface area contributed by atoms with Gasteiger partial charge in [0.05, 0.1) is 11.4 Å². The van der Waals surface area contributed by atoms with E-state index in [1.54, 1.807) is 0 Å². The van der Waals surface area contributed by atoms with Gasteiger partial charge in [0.25, 0.3) is 0 Å². The highest BCUT2D eigenvalue weighted by Crippen LogP contribution is 2.31. The van der Waals surface area contributed by atoms with Gasteiger partial charge in [-0.3, -0.25) is 10.6 Å². The average molecular weight is 376 g/mol. The van der Waals surface area contributed by atoms with E-state index in [1.165, 1.54) is 24.9 Å². The highest BCUT2D eigenvalue weighted by molar-refractivity contribution is 8.00. The molecule has 0 aromatic heterocycles. The Kier molecular flexibility index (Phi) is 6.52. The second kappa shape index (κ2) is 8.25. The van der Waals surface area contributed by atoms with Gasteiger partial charge in [0.2, 0.25) is 0 Å². The minimum Gasteiger partial charge on any atom is -0.310 e. The Hall–Kier alpha value is 0.180. The Morgan fingerprint density at radius 2 is 1.92 bits per heavy atom. The van der Waals surface area contributed by atoms with Crippen molar-refractivity contribution < 1.29 is 8.42 Å². The van der Waals surface area contributed by atoms with Crippen molar-refractivity contribution in [1.82, 2.24) is 16.0 Å². The smallest absolute Gasteiger partial charge is 0.150 e. The molecule has 1 aliphatic carbocycles. The van der Waals surface area contributed by atoms with E-state index in [9.17, 15) is 8.42 Å². The molecule has 0 spiro atoms. The van der Waals surface area contributed by atoms with Crippen LogP contribution < -0.4 is 16.0 Å². The lowest BCUT2D eigenvalue weighted by molar-refractivity contribution is 0.174. The zero-order valence-electron chi connectivity index (χ0n) is 15.0. The van der Waals surface area contributed by atoms with E-state index in [2.05, 4.69) is 34.6 Å². The van der Waals surface area contributed by atoms with Gasteiger partial charge < -0.3 is 5.32 Å². The molecule has 4 atom stereocenters. The van der Waals surface area contributed by atoms with E-state index < -0.39 is 9.84 Å². The normalized spacial score (nSPS) is 41.4. The topological polar surface area (TPSA) is 70.2 Å². The molecule has 2 aliphatic heterocycles. The Morgan fingerprint density at radius 1 is 1.17 bits per heavy atom. The van der Waals surface area contributed by atoms with Crippen molar-refractivity contribution in [2.75, 3.05) is 25.1 Å². The molecule has 3 rings (SSSR count). The molecule has 5 nitrogen and oxygen atoms in total. The standard InChI is InChI=1S/C17H33N3O2S2/c1-12-17(19-10-14-4-3-9-23-14)20-16(11-18-12)13-5-7-15(8-6-13)24(2,21)22/h12-20H,3-11H2,1-2H3. The summed E-state index contributed by atoms with van der Waals surface area (Å²) in [5.74, 6) is 1.90. The third-order valence-electron chi connectivity index (χ3n) is 6.04. The maximum atomic E-state index is 11.7. The number of thioether (sulfide) groups is 1. The van der Waals surface area contributed by atoms with E-state index in [1.807, 2.05) is 0 Å². The first-order chi connectivity index (χ1) is 11.4. The second-order valence-electron chi connectivity index (χ2n) is 7.86. The van der Waals surface area contributed by atoms with Crippen LogP contribution in [0, 0.1) is 5.92 Å². The van der Waals surface area contributed by atoms with E-state index in [0.29, 0.717) is 24.2 Å². The lowest BCUT2D eigenvalue weighted by Gasteiger charge is -2.42. The maximum absolute atomic E-state index is 11.7. The fourth-order valence-electron chi connectivity index (χ4n) is 4.39. The monoisotopic (exact) mass is 375 g/mol. The number of nitrogens with one attached hydrogen (secondary N) is 3. The molecule has 2 saturated heterocycles. The lowest BCUT2D eigenvalue weighted by Crippen LogP contribution is -2.67. The molecule has 4 unspecified atom stereocenters. The van der Waals surface area contributed by atoms with Gasteiger partial charge in [-0.2, -0.15) is 11.8 Å². The van der Waals surface area contributed by atoms with Crippen LogP contribution in [0.1, 0.15) is 45.4 Å². The van der Waals surface area contributed by atoms with Gasteiger partial charge in [0.1, 0.15) is 9.84 Å². The predicted molar refractivity (Wildman–Crippen MR) is 102 cm³/mol. The van der Waals surface area contributed by atoms with Crippen LogP contribution in [0.2, 0.25) is 0 Å². The van der Waals surface area contributed by atoms with Gasteiger partial charge in [0, 0.05) is 36.7 Å². The van der Waals surface area contributed by atoms with Gasteiger partial charge in [-0.1, -0.05) is 0 Å². The van der Waals surface area contributed by atoms with Gasteiger partial charge in [-0.15, -0.1) is 0 Å². The van der Waals surface area contributed by atoms with Crippen molar-refractivity contribution in [1.29, 1.82) is 0 Å². The summed E-state index contributed by atoms with van der Waals surface area (Å²) in [6, 6.07) is 0.885. The average Bonchev–Trinajstić information content (AvgIpc) is 3.07. The fourth-order valence-corrected chi connectivity index (χ4v) is 6.73. The van der Waals surface area contributed by atoms with Crippen LogP contribution in [-0.4, -0.2) is 62.3 Å². The number of sulfone groups is 1. The molecule has 0 bridgehead atoms. The molecule has 1 saturated carbocycles. The van der Waals surface area contributed by atoms with Crippen molar-refractivity contribution in [3.8, 4) is 0 Å². The van der Waals surface area contributed by atoms with Gasteiger partial charge >= 0.3 is 0 Å². The largest absolute Gasteiger partial charge is 0.310 e. The van der Waals surface area contributed by atoms with Gasteiger partial charge in [-0.25, -0.2) is 8.42 Å². The first kappa shape index (κ1) is 19.0. The quantitative estimate of drug-likeness (QED) is 0.674. The van der Waals surface area contributed by atoms with Crippen molar-refractivity contribution >= 4 is 21.6 Å². The zero-order valence-corrected chi connectivity index (χ0v) is 16.6. The first-order valence-corrected chi connectivity index (χ1v) is 12.5. The zero-order chi connectivity index (χ0) is 17.2. The highest BCUT2D eigenvalue weighted by Gasteiger charge is 2.35. The van der Waals surface area contributed by atoms with Crippen LogP contribution in [0.15, 0.2) is 0 Å². The second-order valence-corrected chi connectivity index (χ2v) is 11.6. The van der Waals surface area contributed by atoms with Crippen molar-refractivity contribution in [2.24, 2.45) is 5.92 Å². The summed E-state index contributed by atoms with van der Waals surface area (Å²) in [6.07, 6.45) is 8.11. The number of piperazine rings is 1. The van der Waals surface area contributed by atoms with E-state index in [0.717, 1.165) is 44.0 Å². The van der Waals surface area contributed by atoms with E-state index in [-0.39, 0.29) is 5.25 Å².